The molecule has 2 rings (SSSR count). The molecule has 1 aromatic rings. The monoisotopic (exact) mass is 372 g/mol. The van der Waals surface area contributed by atoms with Crippen molar-refractivity contribution < 1.29 is 19.1 Å². The van der Waals surface area contributed by atoms with Crippen LogP contribution in [0.4, 0.5) is 5.69 Å². The van der Waals surface area contributed by atoms with Gasteiger partial charge in [-0.05, 0) is 45.4 Å². The second kappa shape index (κ2) is 8.84. The van der Waals surface area contributed by atoms with Gasteiger partial charge < -0.3 is 14.4 Å². The Balaban J connectivity index is 2.59. The fraction of sp³-hybridized carbons (Fsp3) is 0.476. The highest BCUT2D eigenvalue weighted by Gasteiger charge is 2.42. The Morgan fingerprint density at radius 1 is 1.04 bits per heavy atom. The predicted octanol–water partition coefficient (Wildman–Crippen LogP) is 3.33. The Labute approximate surface area is 160 Å². The summed E-state index contributed by atoms with van der Waals surface area (Å²) < 4.78 is 10.5. The van der Waals surface area contributed by atoms with Gasteiger partial charge in [-0.1, -0.05) is 12.1 Å². The third kappa shape index (κ3) is 4.38. The van der Waals surface area contributed by atoms with E-state index in [0.717, 1.165) is 11.3 Å². The number of nitrogens with zero attached hydrogens (tertiary/aromatic N) is 2. The van der Waals surface area contributed by atoms with E-state index < -0.39 is 17.8 Å². The number of hydrogen-bond acceptors (Lipinski definition) is 6. The van der Waals surface area contributed by atoms with E-state index >= 15 is 0 Å². The molecule has 0 aliphatic carbocycles. The summed E-state index contributed by atoms with van der Waals surface area (Å²) in [5.41, 5.74) is 3.52. The standard InChI is InChI=1S/C21H28N2O4/c1-7-26-20(24)17-13(3)22-14(4)18(21(25)27-8-2)19(17)15-9-11-16(12-10-15)23(5)6/h9-12,17,19H,7-8H2,1-6H3. The van der Waals surface area contributed by atoms with E-state index in [1.54, 1.807) is 27.7 Å². The van der Waals surface area contributed by atoms with E-state index in [9.17, 15) is 9.59 Å². The molecule has 27 heavy (non-hydrogen) atoms. The first-order chi connectivity index (χ1) is 12.8. The third-order valence-electron chi connectivity index (χ3n) is 4.63. The van der Waals surface area contributed by atoms with Gasteiger partial charge in [-0.2, -0.15) is 0 Å². The highest BCUT2D eigenvalue weighted by Crippen LogP contribution is 2.40. The lowest BCUT2D eigenvalue weighted by molar-refractivity contribution is -0.146. The summed E-state index contributed by atoms with van der Waals surface area (Å²) in [6, 6.07) is 7.82. The Bertz CT molecular complexity index is 763. The number of hydrogen-bond donors (Lipinski definition) is 0. The van der Waals surface area contributed by atoms with E-state index in [-0.39, 0.29) is 19.2 Å². The van der Waals surface area contributed by atoms with Gasteiger partial charge in [-0.25, -0.2) is 4.79 Å². The molecule has 0 fully saturated rings. The van der Waals surface area contributed by atoms with Crippen molar-refractivity contribution in [2.24, 2.45) is 10.9 Å². The zero-order valence-corrected chi connectivity index (χ0v) is 16.9. The van der Waals surface area contributed by atoms with Crippen molar-refractivity contribution in [2.45, 2.75) is 33.6 Å². The molecule has 6 heteroatoms. The molecule has 0 N–H and O–H groups in total. The smallest absolute Gasteiger partial charge is 0.336 e. The summed E-state index contributed by atoms with van der Waals surface area (Å²) in [6.45, 7) is 7.63. The first-order valence-corrected chi connectivity index (χ1v) is 9.18. The molecule has 0 aromatic heterocycles. The van der Waals surface area contributed by atoms with Gasteiger partial charge in [-0.3, -0.25) is 9.79 Å². The summed E-state index contributed by atoms with van der Waals surface area (Å²) in [5.74, 6) is -1.97. The lowest BCUT2D eigenvalue weighted by atomic mass is 9.75. The van der Waals surface area contributed by atoms with Gasteiger partial charge in [0.15, 0.2) is 0 Å². The largest absolute Gasteiger partial charge is 0.465 e. The van der Waals surface area contributed by atoms with Gasteiger partial charge in [0.05, 0.1) is 18.8 Å². The van der Waals surface area contributed by atoms with Crippen molar-refractivity contribution in [2.75, 3.05) is 32.2 Å². The normalized spacial score (nSPS) is 19.4. The topological polar surface area (TPSA) is 68.2 Å². The Morgan fingerprint density at radius 2 is 1.63 bits per heavy atom. The maximum atomic E-state index is 12.7. The average Bonchev–Trinajstić information content (AvgIpc) is 2.61. The summed E-state index contributed by atoms with van der Waals surface area (Å²) in [7, 11) is 3.92. The van der Waals surface area contributed by atoms with Crippen LogP contribution in [0.5, 0.6) is 0 Å². The second-order valence-corrected chi connectivity index (χ2v) is 6.67. The fourth-order valence-electron chi connectivity index (χ4n) is 3.39. The van der Waals surface area contributed by atoms with Crippen molar-refractivity contribution in [3.8, 4) is 0 Å². The average molecular weight is 372 g/mol. The highest BCUT2D eigenvalue weighted by atomic mass is 16.5. The van der Waals surface area contributed by atoms with Gasteiger partial charge in [0.2, 0.25) is 0 Å². The number of ether oxygens (including phenoxy) is 2. The number of rotatable bonds is 6. The van der Waals surface area contributed by atoms with E-state index in [1.165, 1.54) is 0 Å². The molecule has 0 spiro atoms. The summed E-state index contributed by atoms with van der Waals surface area (Å²) in [4.78, 5) is 31.9. The third-order valence-corrected chi connectivity index (χ3v) is 4.63. The first-order valence-electron chi connectivity index (χ1n) is 9.18. The molecule has 0 bridgehead atoms. The van der Waals surface area contributed by atoms with Gasteiger partial charge in [0.25, 0.3) is 0 Å². The lowest BCUT2D eigenvalue weighted by Gasteiger charge is -2.31. The maximum Gasteiger partial charge on any atom is 0.336 e. The minimum Gasteiger partial charge on any atom is -0.465 e. The zero-order chi connectivity index (χ0) is 20.1. The highest BCUT2D eigenvalue weighted by molar-refractivity contribution is 6.07. The molecule has 0 amide bonds. The summed E-state index contributed by atoms with van der Waals surface area (Å²) in [6.07, 6.45) is 0. The molecule has 1 aromatic carbocycles. The van der Waals surface area contributed by atoms with Crippen molar-refractivity contribution in [1.29, 1.82) is 0 Å². The van der Waals surface area contributed by atoms with Crippen LogP contribution in [-0.2, 0) is 19.1 Å². The predicted molar refractivity (Wildman–Crippen MR) is 106 cm³/mol. The van der Waals surface area contributed by atoms with Crippen LogP contribution in [0.2, 0.25) is 0 Å². The number of allylic oxidation sites excluding steroid dienone is 1. The van der Waals surface area contributed by atoms with Crippen LogP contribution in [0.3, 0.4) is 0 Å². The molecular weight excluding hydrogens is 344 g/mol. The molecule has 6 nitrogen and oxygen atoms in total. The van der Waals surface area contributed by atoms with Crippen LogP contribution >= 0.6 is 0 Å². The quantitative estimate of drug-likeness (QED) is 0.717. The van der Waals surface area contributed by atoms with E-state index in [2.05, 4.69) is 4.99 Å². The van der Waals surface area contributed by atoms with Crippen LogP contribution in [0.25, 0.3) is 0 Å². The van der Waals surface area contributed by atoms with Crippen molar-refractivity contribution in [3.05, 3.63) is 41.1 Å². The van der Waals surface area contributed by atoms with Crippen LogP contribution < -0.4 is 4.90 Å². The zero-order valence-electron chi connectivity index (χ0n) is 16.9. The van der Waals surface area contributed by atoms with Gasteiger partial charge in [0, 0.05) is 37.1 Å². The molecular formula is C21H28N2O4. The molecule has 0 radical (unpaired) electrons. The van der Waals surface area contributed by atoms with Crippen LogP contribution in [0, 0.1) is 5.92 Å². The fourth-order valence-corrected chi connectivity index (χ4v) is 3.39. The Hall–Kier alpha value is -2.63. The Kier molecular flexibility index (Phi) is 6.77. The molecule has 1 aliphatic heterocycles. The Morgan fingerprint density at radius 3 is 2.15 bits per heavy atom. The van der Waals surface area contributed by atoms with E-state index in [1.807, 2.05) is 43.3 Å². The number of carbonyl (C=O) groups excluding carboxylic acids is 2. The molecule has 2 atom stereocenters. The van der Waals surface area contributed by atoms with Crippen LogP contribution in [-0.4, -0.2) is 45.0 Å². The SMILES string of the molecule is CCOC(=O)C1=C(C)N=C(C)C(C(=O)OCC)C1c1ccc(N(C)C)cc1. The molecule has 1 aliphatic rings. The summed E-state index contributed by atoms with van der Waals surface area (Å²) >= 11 is 0. The molecule has 146 valence electrons. The van der Waals surface area contributed by atoms with Crippen molar-refractivity contribution in [3.63, 3.8) is 0 Å². The number of carbonyl (C=O) groups is 2. The number of aliphatic imine (C=N–C) groups is 1. The van der Waals surface area contributed by atoms with Crippen molar-refractivity contribution in [1.82, 2.24) is 0 Å². The first kappa shape index (κ1) is 20.7. The lowest BCUT2D eigenvalue weighted by Crippen LogP contribution is -2.36. The second-order valence-electron chi connectivity index (χ2n) is 6.67. The van der Waals surface area contributed by atoms with Gasteiger partial charge >= 0.3 is 11.9 Å². The number of esters is 2. The minimum absolute atomic E-state index is 0.259. The molecule has 0 saturated carbocycles. The van der Waals surface area contributed by atoms with Crippen molar-refractivity contribution >= 4 is 23.3 Å². The van der Waals surface area contributed by atoms with E-state index in [0.29, 0.717) is 17.0 Å². The van der Waals surface area contributed by atoms with Gasteiger partial charge in [0.1, 0.15) is 5.92 Å². The van der Waals surface area contributed by atoms with E-state index in [4.69, 9.17) is 9.47 Å². The van der Waals surface area contributed by atoms with Crippen LogP contribution in [0.15, 0.2) is 40.5 Å². The molecule has 2 unspecified atom stereocenters. The number of anilines is 1. The number of benzene rings is 1. The maximum absolute atomic E-state index is 12.7. The molecule has 1 heterocycles. The summed E-state index contributed by atoms with van der Waals surface area (Å²) in [5, 5.41) is 0. The van der Waals surface area contributed by atoms with Crippen LogP contribution in [0.1, 0.15) is 39.2 Å². The minimum atomic E-state index is -0.654. The van der Waals surface area contributed by atoms with Gasteiger partial charge in [-0.15, -0.1) is 0 Å². The molecule has 0 saturated heterocycles.